The van der Waals surface area contributed by atoms with Crippen LogP contribution in [0.4, 0.5) is 8.78 Å². The molecule has 3 N–H and O–H groups in total. The Bertz CT molecular complexity index is 1410. The van der Waals surface area contributed by atoms with E-state index < -0.39 is 5.92 Å². The highest BCUT2D eigenvalue weighted by Gasteiger charge is 2.37. The number of aromatic hydroxyl groups is 1. The van der Waals surface area contributed by atoms with Crippen LogP contribution >= 0.6 is 0 Å². The summed E-state index contributed by atoms with van der Waals surface area (Å²) < 4.78 is 26.8. The lowest BCUT2D eigenvalue weighted by atomic mass is 10.0. The molecule has 0 atom stereocenters. The summed E-state index contributed by atoms with van der Waals surface area (Å²) in [5.74, 6) is 2.94. The zero-order chi connectivity index (χ0) is 26.6. The van der Waals surface area contributed by atoms with Crippen LogP contribution in [-0.2, 0) is 12.8 Å². The van der Waals surface area contributed by atoms with Crippen LogP contribution in [-0.4, -0.2) is 61.1 Å². The van der Waals surface area contributed by atoms with Gasteiger partial charge in [0.05, 0.1) is 24.4 Å². The van der Waals surface area contributed by atoms with E-state index in [9.17, 15) is 13.9 Å². The normalized spacial score (nSPS) is 17.5. The Morgan fingerprint density at radius 2 is 2.03 bits per heavy atom. The van der Waals surface area contributed by atoms with Crippen molar-refractivity contribution in [2.75, 3.05) is 13.1 Å². The van der Waals surface area contributed by atoms with Crippen molar-refractivity contribution in [3.63, 3.8) is 0 Å². The number of piperidine rings is 1. The maximum absolute atomic E-state index is 12.7. The zero-order valence-corrected chi connectivity index (χ0v) is 20.1. The molecule has 5 rings (SSSR count). The molecule has 4 heterocycles. The first-order valence-corrected chi connectivity index (χ1v) is 11.6. The van der Waals surface area contributed by atoms with Crippen LogP contribution in [0.15, 0.2) is 46.9 Å². The molecule has 190 valence electrons. The standard InChI is InChI=1S/C17H18N8O.C8H7F2N/c1-11(22-14-2-4-24(10-19)5-3-14)16(23-20)12-6-15(26)17-13(7-18)8-21-25(17)9-12;9-8(10)4-6-2-1-3-11-7(6)5-8/h6,8-9,14,26H,2-5,20H2,1H3;1-3H,4-5H2/b22-11?,23-16+;. The van der Waals surface area contributed by atoms with Crippen LogP contribution < -0.4 is 5.84 Å². The fourth-order valence-electron chi connectivity index (χ4n) is 4.50. The van der Waals surface area contributed by atoms with Crippen molar-refractivity contribution in [3.8, 4) is 18.0 Å². The van der Waals surface area contributed by atoms with Gasteiger partial charge in [-0.15, -0.1) is 0 Å². The number of halogens is 2. The van der Waals surface area contributed by atoms with Gasteiger partial charge in [-0.25, -0.2) is 13.3 Å². The fourth-order valence-corrected chi connectivity index (χ4v) is 4.50. The maximum atomic E-state index is 12.7. The van der Waals surface area contributed by atoms with E-state index in [1.54, 1.807) is 29.4 Å². The molecule has 0 unspecified atom stereocenters. The van der Waals surface area contributed by atoms with E-state index in [0.717, 1.165) is 12.8 Å². The van der Waals surface area contributed by atoms with Crippen LogP contribution in [0.3, 0.4) is 0 Å². The number of pyridine rings is 2. The van der Waals surface area contributed by atoms with Crippen molar-refractivity contribution in [2.45, 2.75) is 44.6 Å². The van der Waals surface area contributed by atoms with Gasteiger partial charge in [0.15, 0.2) is 6.19 Å². The van der Waals surface area contributed by atoms with Gasteiger partial charge in [-0.3, -0.25) is 9.98 Å². The number of aliphatic imine (C=N–C) groups is 1. The Morgan fingerprint density at radius 3 is 2.68 bits per heavy atom. The third kappa shape index (κ3) is 5.64. The fraction of sp³-hybridized carbons (Fsp3) is 0.360. The van der Waals surface area contributed by atoms with E-state index in [1.165, 1.54) is 16.8 Å². The molecule has 0 aromatic carbocycles. The van der Waals surface area contributed by atoms with Crippen molar-refractivity contribution >= 4 is 16.9 Å². The number of likely N-dealkylation sites (tertiary alicyclic amines) is 1. The Kier molecular flexibility index (Phi) is 7.30. The number of nitriles is 2. The van der Waals surface area contributed by atoms with E-state index in [0.29, 0.717) is 46.9 Å². The summed E-state index contributed by atoms with van der Waals surface area (Å²) in [5.41, 5.74) is 3.52. The number of nitrogens with two attached hydrogens (primary N) is 1. The minimum Gasteiger partial charge on any atom is -0.506 e. The number of fused-ring (bicyclic) bond motifs is 2. The summed E-state index contributed by atoms with van der Waals surface area (Å²) in [6, 6.07) is 7.00. The molecule has 1 aliphatic heterocycles. The van der Waals surface area contributed by atoms with E-state index in [4.69, 9.17) is 16.4 Å². The third-order valence-corrected chi connectivity index (χ3v) is 6.30. The van der Waals surface area contributed by atoms with Crippen LogP contribution in [0.1, 0.15) is 42.1 Å². The summed E-state index contributed by atoms with van der Waals surface area (Å²) in [6.45, 7) is 3.18. The van der Waals surface area contributed by atoms with E-state index in [2.05, 4.69) is 26.4 Å². The quantitative estimate of drug-likeness (QED) is 0.240. The largest absolute Gasteiger partial charge is 0.506 e. The number of nitrogens with zero attached hydrogens (tertiary/aromatic N) is 8. The summed E-state index contributed by atoms with van der Waals surface area (Å²) in [6.07, 6.45) is 7.99. The first-order valence-electron chi connectivity index (χ1n) is 11.6. The highest BCUT2D eigenvalue weighted by molar-refractivity contribution is 6.47. The molecule has 1 fully saturated rings. The lowest BCUT2D eigenvalue weighted by molar-refractivity contribution is 0.0125. The molecule has 1 saturated heterocycles. The highest BCUT2D eigenvalue weighted by Crippen LogP contribution is 2.32. The van der Waals surface area contributed by atoms with Gasteiger partial charge in [-0.05, 0) is 37.5 Å². The number of hydrogen-bond donors (Lipinski definition) is 2. The van der Waals surface area contributed by atoms with Gasteiger partial charge in [0, 0.05) is 43.2 Å². The van der Waals surface area contributed by atoms with Gasteiger partial charge in [0.2, 0.25) is 0 Å². The average molecular weight is 506 g/mol. The predicted octanol–water partition coefficient (Wildman–Crippen LogP) is 2.80. The van der Waals surface area contributed by atoms with Crippen molar-refractivity contribution in [1.29, 1.82) is 10.5 Å². The molecule has 3 aromatic heterocycles. The second-order valence-corrected chi connectivity index (χ2v) is 8.91. The molecule has 0 amide bonds. The van der Waals surface area contributed by atoms with Crippen LogP contribution in [0.2, 0.25) is 0 Å². The number of aromatic nitrogens is 3. The Morgan fingerprint density at radius 1 is 1.27 bits per heavy atom. The van der Waals surface area contributed by atoms with Crippen molar-refractivity contribution in [1.82, 2.24) is 19.5 Å². The second kappa shape index (κ2) is 10.6. The minimum atomic E-state index is -2.56. The number of hydrogen-bond acceptors (Lipinski definition) is 9. The molecule has 1 aliphatic carbocycles. The maximum Gasteiger partial charge on any atom is 0.257 e. The van der Waals surface area contributed by atoms with Crippen LogP contribution in [0.25, 0.3) is 5.52 Å². The molecule has 0 bridgehead atoms. The smallest absolute Gasteiger partial charge is 0.257 e. The van der Waals surface area contributed by atoms with Gasteiger partial charge in [0.1, 0.15) is 28.6 Å². The van der Waals surface area contributed by atoms with Crippen molar-refractivity contribution in [3.05, 3.63) is 59.2 Å². The van der Waals surface area contributed by atoms with E-state index in [-0.39, 0.29) is 30.2 Å². The average Bonchev–Trinajstić information content (AvgIpc) is 3.44. The second-order valence-electron chi connectivity index (χ2n) is 8.91. The lowest BCUT2D eigenvalue weighted by Gasteiger charge is -2.26. The van der Waals surface area contributed by atoms with Gasteiger partial charge >= 0.3 is 0 Å². The van der Waals surface area contributed by atoms with Crippen LogP contribution in [0, 0.1) is 22.8 Å². The summed E-state index contributed by atoms with van der Waals surface area (Å²) in [5, 5.41) is 36.2. The number of hydrazone groups is 1. The predicted molar refractivity (Wildman–Crippen MR) is 132 cm³/mol. The minimum absolute atomic E-state index is 0.0761. The zero-order valence-electron chi connectivity index (χ0n) is 20.1. The van der Waals surface area contributed by atoms with Crippen molar-refractivity contribution < 1.29 is 13.9 Å². The molecule has 0 spiro atoms. The SMILES string of the molecule is CC(=NC1CCN(C#N)CC1)/C(=N\N)c1cc(O)c2c(C#N)cnn2c1.FC1(F)Cc2cccnc2C1. The topological polar surface area (TPSA) is 152 Å². The molecule has 0 saturated carbocycles. The lowest BCUT2D eigenvalue weighted by Crippen LogP contribution is -2.32. The van der Waals surface area contributed by atoms with Gasteiger partial charge in [-0.1, -0.05) is 6.07 Å². The molecule has 10 nitrogen and oxygen atoms in total. The Hall–Kier alpha value is -4.58. The number of alkyl halides is 2. The summed E-state index contributed by atoms with van der Waals surface area (Å²) in [4.78, 5) is 10.3. The van der Waals surface area contributed by atoms with Gasteiger partial charge in [-0.2, -0.15) is 20.7 Å². The highest BCUT2D eigenvalue weighted by atomic mass is 19.3. The van der Waals surface area contributed by atoms with E-state index >= 15 is 0 Å². The molecule has 3 aromatic rings. The first kappa shape index (κ1) is 25.5. The van der Waals surface area contributed by atoms with Crippen LogP contribution in [0.5, 0.6) is 5.75 Å². The summed E-state index contributed by atoms with van der Waals surface area (Å²) >= 11 is 0. The van der Waals surface area contributed by atoms with Gasteiger partial charge < -0.3 is 15.8 Å². The molecule has 37 heavy (non-hydrogen) atoms. The van der Waals surface area contributed by atoms with Gasteiger partial charge in [0.25, 0.3) is 5.92 Å². The van der Waals surface area contributed by atoms with E-state index in [1.807, 2.05) is 13.0 Å². The molecule has 2 aliphatic rings. The van der Waals surface area contributed by atoms with Crippen molar-refractivity contribution in [2.24, 2.45) is 15.9 Å². The molecular formula is C25H25F2N9O. The monoisotopic (exact) mass is 505 g/mol. The Balaban J connectivity index is 0.000000241. The molecule has 12 heteroatoms. The Labute approximate surface area is 212 Å². The first-order chi connectivity index (χ1) is 17.7. The third-order valence-electron chi connectivity index (χ3n) is 6.30. The summed E-state index contributed by atoms with van der Waals surface area (Å²) in [7, 11) is 0. The number of rotatable bonds is 3. The molecule has 0 radical (unpaired) electrons. The molecular weight excluding hydrogens is 480 g/mol.